The first kappa shape index (κ1) is 21.3. The van der Waals surface area contributed by atoms with Crippen LogP contribution in [-0.2, 0) is 17.4 Å². The predicted molar refractivity (Wildman–Crippen MR) is 134 cm³/mol. The Kier molecular flexibility index (Phi) is 5.04. The van der Waals surface area contributed by atoms with Crippen molar-refractivity contribution in [3.8, 4) is 0 Å². The second-order valence-electron chi connectivity index (χ2n) is 8.82. The number of para-hydroxylation sites is 1. The van der Waals surface area contributed by atoms with E-state index >= 15 is 0 Å². The summed E-state index contributed by atoms with van der Waals surface area (Å²) >= 11 is 0. The number of aromatic nitrogens is 1. The molecule has 168 valence electrons. The Morgan fingerprint density at radius 3 is 2.33 bits per heavy atom. The molecule has 1 aromatic heterocycles. The van der Waals surface area contributed by atoms with Crippen LogP contribution in [-0.4, -0.2) is 23.6 Å². The van der Waals surface area contributed by atoms with Crippen LogP contribution in [0.25, 0.3) is 10.9 Å². The van der Waals surface area contributed by atoms with Crippen molar-refractivity contribution < 1.29 is 9.53 Å². The van der Waals surface area contributed by atoms with Crippen molar-refractivity contribution in [1.82, 2.24) is 4.57 Å². The maximum Gasteiger partial charge on any atom is 0.340 e. The Morgan fingerprint density at radius 2 is 1.61 bits per heavy atom. The largest absolute Gasteiger partial charge is 0.440 e. The molecule has 4 aromatic rings. The van der Waals surface area contributed by atoms with Crippen LogP contribution in [0, 0.1) is 13.8 Å². The van der Waals surface area contributed by atoms with Gasteiger partial charge in [-0.05, 0) is 57.5 Å². The van der Waals surface area contributed by atoms with Crippen LogP contribution < -0.4 is 4.90 Å². The van der Waals surface area contributed by atoms with E-state index in [0.717, 1.165) is 51.9 Å². The number of anilines is 1. The van der Waals surface area contributed by atoms with Crippen molar-refractivity contribution in [2.45, 2.75) is 33.3 Å². The number of ether oxygens (including phenoxy) is 1. The van der Waals surface area contributed by atoms with Gasteiger partial charge in [-0.25, -0.2) is 4.79 Å². The third-order valence-electron chi connectivity index (χ3n) is 7.24. The molecule has 0 aliphatic carbocycles. The highest BCUT2D eigenvalue weighted by Crippen LogP contribution is 2.51. The highest BCUT2D eigenvalue weighted by atomic mass is 16.6. The van der Waals surface area contributed by atoms with E-state index in [2.05, 4.69) is 86.7 Å². The highest BCUT2D eigenvalue weighted by molar-refractivity contribution is 5.98. The lowest BCUT2D eigenvalue weighted by molar-refractivity contribution is 0.0252. The van der Waals surface area contributed by atoms with Gasteiger partial charge in [0.15, 0.2) is 5.60 Å². The minimum atomic E-state index is -0.996. The molecule has 0 N–H and O–H groups in total. The van der Waals surface area contributed by atoms with Crippen LogP contribution in [0.1, 0.15) is 52.2 Å². The fourth-order valence-corrected chi connectivity index (χ4v) is 5.53. The number of hydrogen-bond acceptors (Lipinski definition) is 3. The first-order chi connectivity index (χ1) is 15.9. The van der Waals surface area contributed by atoms with Crippen LogP contribution in [0.2, 0.25) is 0 Å². The number of rotatable bonds is 5. The van der Waals surface area contributed by atoms with Gasteiger partial charge in [-0.1, -0.05) is 42.5 Å². The lowest BCUT2D eigenvalue weighted by Gasteiger charge is -2.33. The monoisotopic (exact) mass is 438 g/mol. The molecule has 2 heterocycles. The zero-order valence-corrected chi connectivity index (χ0v) is 20.0. The SMILES string of the molecule is CCN(CC)c1ccc([C@]2(c3c(C)n(C)c4ccccc34)OC(=O)c3ccccc32)c(C)c1. The normalized spacial score (nSPS) is 17.3. The molecule has 0 bridgehead atoms. The summed E-state index contributed by atoms with van der Waals surface area (Å²) in [6.45, 7) is 10.5. The van der Waals surface area contributed by atoms with Crippen LogP contribution in [0.5, 0.6) is 0 Å². The Bertz CT molecular complexity index is 1380. The van der Waals surface area contributed by atoms with Gasteiger partial charge in [0.1, 0.15) is 0 Å². The van der Waals surface area contributed by atoms with Crippen LogP contribution in [0.15, 0.2) is 66.7 Å². The molecule has 5 rings (SSSR count). The number of cyclic esters (lactones) is 1. The van der Waals surface area contributed by atoms with Gasteiger partial charge in [0.05, 0.1) is 5.56 Å². The first-order valence-electron chi connectivity index (χ1n) is 11.7. The molecule has 0 saturated heterocycles. The number of aryl methyl sites for hydroxylation is 2. The minimum absolute atomic E-state index is 0.273. The number of benzene rings is 3. The number of hydrogen-bond donors (Lipinski definition) is 0. The molecule has 1 aliphatic rings. The van der Waals surface area contributed by atoms with E-state index in [1.807, 2.05) is 24.3 Å². The van der Waals surface area contributed by atoms with Crippen LogP contribution in [0.3, 0.4) is 0 Å². The molecule has 3 aromatic carbocycles. The molecule has 33 heavy (non-hydrogen) atoms. The van der Waals surface area contributed by atoms with Crippen molar-refractivity contribution in [1.29, 1.82) is 0 Å². The topological polar surface area (TPSA) is 34.5 Å². The predicted octanol–water partition coefficient (Wildman–Crippen LogP) is 6.10. The second-order valence-corrected chi connectivity index (χ2v) is 8.82. The van der Waals surface area contributed by atoms with E-state index in [0.29, 0.717) is 5.56 Å². The van der Waals surface area contributed by atoms with Gasteiger partial charge in [-0.2, -0.15) is 0 Å². The van der Waals surface area contributed by atoms with Gasteiger partial charge >= 0.3 is 5.97 Å². The molecule has 0 amide bonds. The zero-order valence-electron chi connectivity index (χ0n) is 20.0. The number of nitrogens with zero attached hydrogens (tertiary/aromatic N) is 2. The molecule has 1 atom stereocenters. The number of carbonyl (C=O) groups is 1. The van der Waals surface area contributed by atoms with E-state index < -0.39 is 5.60 Å². The number of esters is 1. The van der Waals surface area contributed by atoms with Gasteiger partial charge < -0.3 is 14.2 Å². The van der Waals surface area contributed by atoms with Crippen molar-refractivity contribution in [3.05, 3.63) is 100 Å². The fourth-order valence-electron chi connectivity index (χ4n) is 5.53. The van der Waals surface area contributed by atoms with E-state index in [1.54, 1.807) is 0 Å². The third kappa shape index (κ3) is 2.93. The van der Waals surface area contributed by atoms with Crippen LogP contribution in [0.4, 0.5) is 5.69 Å². The summed E-state index contributed by atoms with van der Waals surface area (Å²) in [6, 6.07) is 22.7. The lowest BCUT2D eigenvalue weighted by atomic mass is 9.77. The quantitative estimate of drug-likeness (QED) is 0.353. The van der Waals surface area contributed by atoms with E-state index in [9.17, 15) is 4.79 Å². The highest BCUT2D eigenvalue weighted by Gasteiger charge is 2.51. The van der Waals surface area contributed by atoms with Gasteiger partial charge in [0.2, 0.25) is 0 Å². The fraction of sp³-hybridized carbons (Fsp3) is 0.276. The lowest BCUT2D eigenvalue weighted by Crippen LogP contribution is -2.31. The molecular formula is C29H30N2O2. The smallest absolute Gasteiger partial charge is 0.340 e. The summed E-state index contributed by atoms with van der Waals surface area (Å²) < 4.78 is 8.66. The molecule has 0 unspecified atom stereocenters. The number of carbonyl (C=O) groups excluding carboxylic acids is 1. The molecule has 1 aliphatic heterocycles. The maximum absolute atomic E-state index is 13.2. The van der Waals surface area contributed by atoms with Crippen molar-refractivity contribution in [2.75, 3.05) is 18.0 Å². The Morgan fingerprint density at radius 1 is 0.909 bits per heavy atom. The van der Waals surface area contributed by atoms with Crippen LogP contribution >= 0.6 is 0 Å². The Hall–Kier alpha value is -3.53. The molecule has 4 nitrogen and oxygen atoms in total. The standard InChI is InChI=1S/C29H30N2O2/c1-6-31(7-2)21-16-17-24(19(3)18-21)29(25-14-10-8-12-22(25)28(32)33-29)27-20(4)30(5)26-15-11-9-13-23(26)27/h8-18H,6-7H2,1-5H3/t29-/m0/s1. The van der Waals surface area contributed by atoms with E-state index in [4.69, 9.17) is 4.74 Å². The number of fused-ring (bicyclic) bond motifs is 2. The maximum atomic E-state index is 13.2. The van der Waals surface area contributed by atoms with Gasteiger partial charge in [0, 0.05) is 59.1 Å². The summed E-state index contributed by atoms with van der Waals surface area (Å²) in [5.41, 5.74) is 7.11. The molecular weight excluding hydrogens is 408 g/mol. The summed E-state index contributed by atoms with van der Waals surface area (Å²) in [6.07, 6.45) is 0. The average molecular weight is 439 g/mol. The molecule has 4 heteroatoms. The molecule has 0 saturated carbocycles. The van der Waals surface area contributed by atoms with Gasteiger partial charge in [-0.3, -0.25) is 0 Å². The average Bonchev–Trinajstić information content (AvgIpc) is 3.26. The second kappa shape index (κ2) is 7.80. The van der Waals surface area contributed by atoms with Crippen molar-refractivity contribution in [2.24, 2.45) is 7.05 Å². The Balaban J connectivity index is 1.87. The molecule has 0 spiro atoms. The minimum Gasteiger partial charge on any atom is -0.440 e. The van der Waals surface area contributed by atoms with E-state index in [1.165, 1.54) is 5.69 Å². The summed E-state index contributed by atoms with van der Waals surface area (Å²) in [4.78, 5) is 15.6. The molecule has 0 fully saturated rings. The van der Waals surface area contributed by atoms with E-state index in [-0.39, 0.29) is 5.97 Å². The summed E-state index contributed by atoms with van der Waals surface area (Å²) in [7, 11) is 2.08. The van der Waals surface area contributed by atoms with Gasteiger partial charge in [-0.15, -0.1) is 0 Å². The summed E-state index contributed by atoms with van der Waals surface area (Å²) in [5.74, 6) is -0.273. The van der Waals surface area contributed by atoms with Gasteiger partial charge in [0.25, 0.3) is 0 Å². The van der Waals surface area contributed by atoms with Crippen molar-refractivity contribution in [3.63, 3.8) is 0 Å². The third-order valence-corrected chi connectivity index (χ3v) is 7.24. The zero-order chi connectivity index (χ0) is 23.3. The summed E-state index contributed by atoms with van der Waals surface area (Å²) in [5, 5.41) is 1.11. The van der Waals surface area contributed by atoms with Crippen molar-refractivity contribution >= 4 is 22.6 Å². The molecule has 0 radical (unpaired) electrons. The first-order valence-corrected chi connectivity index (χ1v) is 11.7. The Labute approximate surface area is 195 Å².